The van der Waals surface area contributed by atoms with E-state index in [0.717, 1.165) is 23.4 Å². The van der Waals surface area contributed by atoms with Crippen molar-refractivity contribution in [3.63, 3.8) is 0 Å². The minimum absolute atomic E-state index is 0.0135. The van der Waals surface area contributed by atoms with E-state index >= 15 is 0 Å². The number of nitrogen functional groups attached to an aromatic ring is 1. The Balaban J connectivity index is 2.88. The summed E-state index contributed by atoms with van der Waals surface area (Å²) in [7, 11) is 0. The van der Waals surface area contributed by atoms with Crippen molar-refractivity contribution in [1.29, 1.82) is 0 Å². The maximum absolute atomic E-state index is 6.13. The van der Waals surface area contributed by atoms with Crippen molar-refractivity contribution >= 4 is 5.69 Å². The summed E-state index contributed by atoms with van der Waals surface area (Å²) in [5, 5.41) is 0. The fourth-order valence-electron chi connectivity index (χ4n) is 1.77. The van der Waals surface area contributed by atoms with Gasteiger partial charge >= 0.3 is 0 Å². The third kappa shape index (κ3) is 3.42. The predicted molar refractivity (Wildman–Crippen MR) is 68.4 cm³/mol. The molecule has 1 aromatic carbocycles. The van der Waals surface area contributed by atoms with Crippen molar-refractivity contribution in [2.75, 3.05) is 12.3 Å². The molecule has 16 heavy (non-hydrogen) atoms. The summed E-state index contributed by atoms with van der Waals surface area (Å²) in [5.41, 5.74) is 13.8. The van der Waals surface area contributed by atoms with E-state index in [2.05, 4.69) is 13.8 Å². The van der Waals surface area contributed by atoms with Crippen LogP contribution in [0.5, 0.6) is 5.75 Å². The first-order valence-electron chi connectivity index (χ1n) is 5.82. The summed E-state index contributed by atoms with van der Waals surface area (Å²) in [5.74, 6) is 1.40. The van der Waals surface area contributed by atoms with Gasteiger partial charge in [0.2, 0.25) is 0 Å². The summed E-state index contributed by atoms with van der Waals surface area (Å²) < 4.78 is 5.45. The second-order valence-corrected chi connectivity index (χ2v) is 4.46. The maximum atomic E-state index is 6.13. The van der Waals surface area contributed by atoms with Gasteiger partial charge in [-0.2, -0.15) is 0 Å². The molecule has 0 aliphatic heterocycles. The lowest BCUT2D eigenvalue weighted by atomic mass is 9.96. The Bertz CT molecular complexity index is 337. The summed E-state index contributed by atoms with van der Waals surface area (Å²) in [4.78, 5) is 0. The van der Waals surface area contributed by atoms with E-state index < -0.39 is 0 Å². The van der Waals surface area contributed by atoms with E-state index in [9.17, 15) is 0 Å². The highest BCUT2D eigenvalue weighted by atomic mass is 16.5. The lowest BCUT2D eigenvalue weighted by Crippen LogP contribution is -2.15. The van der Waals surface area contributed by atoms with Crippen molar-refractivity contribution in [3.8, 4) is 5.75 Å². The van der Waals surface area contributed by atoms with E-state index in [1.807, 2.05) is 25.1 Å². The zero-order chi connectivity index (χ0) is 12.1. The Hall–Kier alpha value is -1.22. The number of hydrogen-bond donors (Lipinski definition) is 2. The quantitative estimate of drug-likeness (QED) is 0.753. The average molecular weight is 222 g/mol. The van der Waals surface area contributed by atoms with Gasteiger partial charge in [-0.15, -0.1) is 0 Å². The van der Waals surface area contributed by atoms with Crippen LogP contribution < -0.4 is 16.2 Å². The van der Waals surface area contributed by atoms with Gasteiger partial charge in [-0.05, 0) is 43.0 Å². The molecule has 0 bridgehead atoms. The highest BCUT2D eigenvalue weighted by Crippen LogP contribution is 2.27. The SMILES string of the molecule is CCOc1ccc(N)c(C(N)CC(C)C)c1. The number of anilines is 1. The van der Waals surface area contributed by atoms with Crippen molar-refractivity contribution in [1.82, 2.24) is 0 Å². The Morgan fingerprint density at radius 2 is 2.00 bits per heavy atom. The molecule has 0 aromatic heterocycles. The highest BCUT2D eigenvalue weighted by Gasteiger charge is 2.12. The second kappa shape index (κ2) is 5.75. The van der Waals surface area contributed by atoms with Gasteiger partial charge in [0.05, 0.1) is 6.61 Å². The summed E-state index contributed by atoms with van der Waals surface area (Å²) in [6.45, 7) is 6.93. The predicted octanol–water partition coefficient (Wildman–Crippen LogP) is 2.71. The van der Waals surface area contributed by atoms with E-state index in [1.165, 1.54) is 0 Å². The van der Waals surface area contributed by atoms with Gasteiger partial charge < -0.3 is 16.2 Å². The molecule has 0 saturated carbocycles. The van der Waals surface area contributed by atoms with E-state index in [4.69, 9.17) is 16.2 Å². The number of nitrogens with two attached hydrogens (primary N) is 2. The minimum atomic E-state index is -0.0135. The van der Waals surface area contributed by atoms with E-state index in [0.29, 0.717) is 12.5 Å². The monoisotopic (exact) mass is 222 g/mol. The third-order valence-electron chi connectivity index (χ3n) is 2.49. The van der Waals surface area contributed by atoms with Crippen LogP contribution in [0.3, 0.4) is 0 Å². The molecule has 0 spiro atoms. The molecule has 1 aromatic rings. The molecule has 3 heteroatoms. The van der Waals surface area contributed by atoms with Crippen LogP contribution in [0, 0.1) is 5.92 Å². The minimum Gasteiger partial charge on any atom is -0.494 e. The fraction of sp³-hybridized carbons (Fsp3) is 0.538. The van der Waals surface area contributed by atoms with Crippen LogP contribution in [0.4, 0.5) is 5.69 Å². The standard InChI is InChI=1S/C13H22N2O/c1-4-16-10-5-6-12(14)11(8-10)13(15)7-9(2)3/h5-6,8-9,13H,4,7,14-15H2,1-3H3. The third-order valence-corrected chi connectivity index (χ3v) is 2.49. The largest absolute Gasteiger partial charge is 0.494 e. The zero-order valence-electron chi connectivity index (χ0n) is 10.4. The van der Waals surface area contributed by atoms with Gasteiger partial charge in [0.1, 0.15) is 5.75 Å². The van der Waals surface area contributed by atoms with Gasteiger partial charge in [-0.25, -0.2) is 0 Å². The maximum Gasteiger partial charge on any atom is 0.119 e. The molecule has 0 heterocycles. The number of benzene rings is 1. The molecule has 0 amide bonds. The van der Waals surface area contributed by atoms with Crippen LogP contribution in [-0.2, 0) is 0 Å². The molecule has 1 unspecified atom stereocenters. The van der Waals surface area contributed by atoms with Crippen molar-refractivity contribution < 1.29 is 4.74 Å². The number of hydrogen-bond acceptors (Lipinski definition) is 3. The Kier molecular flexibility index (Phi) is 4.62. The molecule has 1 atom stereocenters. The van der Waals surface area contributed by atoms with Crippen LogP contribution in [-0.4, -0.2) is 6.61 Å². The first-order valence-corrected chi connectivity index (χ1v) is 5.82. The Morgan fingerprint density at radius 3 is 2.56 bits per heavy atom. The molecular weight excluding hydrogens is 200 g/mol. The van der Waals surface area contributed by atoms with Crippen LogP contribution in [0.25, 0.3) is 0 Å². The number of ether oxygens (including phenoxy) is 1. The van der Waals surface area contributed by atoms with Gasteiger partial charge in [-0.1, -0.05) is 13.8 Å². The Labute approximate surface area is 97.8 Å². The first-order chi connectivity index (χ1) is 7.54. The van der Waals surface area contributed by atoms with E-state index in [-0.39, 0.29) is 6.04 Å². The molecule has 0 fully saturated rings. The van der Waals surface area contributed by atoms with Crippen LogP contribution in [0.1, 0.15) is 38.8 Å². The van der Waals surface area contributed by atoms with Crippen LogP contribution in [0.15, 0.2) is 18.2 Å². The molecule has 90 valence electrons. The molecule has 4 N–H and O–H groups in total. The lowest BCUT2D eigenvalue weighted by Gasteiger charge is -2.17. The topological polar surface area (TPSA) is 61.3 Å². The van der Waals surface area contributed by atoms with Gasteiger partial charge in [0.25, 0.3) is 0 Å². The smallest absolute Gasteiger partial charge is 0.119 e. The molecule has 0 aliphatic carbocycles. The first kappa shape index (κ1) is 12.8. The van der Waals surface area contributed by atoms with Gasteiger partial charge in [0.15, 0.2) is 0 Å². The van der Waals surface area contributed by atoms with Crippen LogP contribution >= 0.6 is 0 Å². The average Bonchev–Trinajstić information content (AvgIpc) is 2.20. The van der Waals surface area contributed by atoms with Gasteiger partial charge in [0, 0.05) is 11.7 Å². The molecular formula is C13H22N2O. The van der Waals surface area contributed by atoms with Gasteiger partial charge in [-0.3, -0.25) is 0 Å². The van der Waals surface area contributed by atoms with Crippen molar-refractivity contribution in [2.45, 2.75) is 33.2 Å². The fourth-order valence-corrected chi connectivity index (χ4v) is 1.77. The second-order valence-electron chi connectivity index (χ2n) is 4.46. The van der Waals surface area contributed by atoms with Crippen LogP contribution in [0.2, 0.25) is 0 Å². The molecule has 1 rings (SSSR count). The highest BCUT2D eigenvalue weighted by molar-refractivity contribution is 5.52. The molecule has 0 radical (unpaired) electrons. The Morgan fingerprint density at radius 1 is 1.31 bits per heavy atom. The zero-order valence-corrected chi connectivity index (χ0v) is 10.4. The van der Waals surface area contributed by atoms with Crippen molar-refractivity contribution in [2.24, 2.45) is 11.7 Å². The lowest BCUT2D eigenvalue weighted by molar-refractivity contribution is 0.339. The summed E-state index contributed by atoms with van der Waals surface area (Å²) in [6, 6.07) is 5.68. The van der Waals surface area contributed by atoms with E-state index in [1.54, 1.807) is 0 Å². The molecule has 3 nitrogen and oxygen atoms in total. The van der Waals surface area contributed by atoms with Crippen molar-refractivity contribution in [3.05, 3.63) is 23.8 Å². The normalized spacial score (nSPS) is 12.8. The summed E-state index contributed by atoms with van der Waals surface area (Å²) in [6.07, 6.45) is 0.930. The summed E-state index contributed by atoms with van der Waals surface area (Å²) >= 11 is 0. The molecule has 0 saturated heterocycles. The molecule has 0 aliphatic rings. The number of rotatable bonds is 5.